The highest BCUT2D eigenvalue weighted by atomic mass is 35.5. The maximum absolute atomic E-state index is 14.0. The average Bonchev–Trinajstić information content (AvgIpc) is 3.09. The van der Waals surface area contributed by atoms with Crippen molar-refractivity contribution in [3.63, 3.8) is 0 Å². The van der Waals surface area contributed by atoms with Gasteiger partial charge in [0.05, 0.1) is 28.2 Å². The smallest absolute Gasteiger partial charge is 0.256 e. The van der Waals surface area contributed by atoms with E-state index in [1.807, 2.05) is 42.5 Å². The summed E-state index contributed by atoms with van der Waals surface area (Å²) in [6.07, 6.45) is 0.835. The van der Waals surface area contributed by atoms with Crippen LogP contribution in [0.25, 0.3) is 11.0 Å². The zero-order chi connectivity index (χ0) is 20.2. The molecule has 1 heterocycles. The van der Waals surface area contributed by atoms with Crippen LogP contribution in [0, 0.1) is 5.82 Å². The molecule has 146 valence electrons. The zero-order valence-electron chi connectivity index (χ0n) is 15.6. The van der Waals surface area contributed by atoms with E-state index in [1.54, 1.807) is 0 Å². The lowest BCUT2D eigenvalue weighted by atomic mass is 10.1. The van der Waals surface area contributed by atoms with Crippen molar-refractivity contribution in [2.45, 2.75) is 19.5 Å². The number of amides is 1. The number of nitrogens with zero attached hydrogens (tertiary/aromatic N) is 2. The Morgan fingerprint density at radius 3 is 2.55 bits per heavy atom. The summed E-state index contributed by atoms with van der Waals surface area (Å²) < 4.78 is 16.1. The molecular formula is C23H19ClFN3O. The molecule has 0 atom stereocenters. The molecule has 0 unspecified atom stereocenters. The minimum atomic E-state index is -0.646. The fourth-order valence-electron chi connectivity index (χ4n) is 3.36. The molecule has 4 rings (SSSR count). The highest BCUT2D eigenvalue weighted by Gasteiger charge is 2.17. The van der Waals surface area contributed by atoms with E-state index < -0.39 is 11.7 Å². The maximum Gasteiger partial charge on any atom is 0.256 e. The normalized spacial score (nSPS) is 11.0. The van der Waals surface area contributed by atoms with Gasteiger partial charge >= 0.3 is 0 Å². The molecule has 0 spiro atoms. The second-order valence-corrected chi connectivity index (χ2v) is 7.09. The van der Waals surface area contributed by atoms with E-state index in [4.69, 9.17) is 11.6 Å². The number of hydrogen-bond donors (Lipinski definition) is 1. The highest BCUT2D eigenvalue weighted by Crippen LogP contribution is 2.20. The minimum Gasteiger partial charge on any atom is -0.345 e. The Morgan fingerprint density at radius 2 is 1.76 bits per heavy atom. The van der Waals surface area contributed by atoms with Crippen molar-refractivity contribution < 1.29 is 9.18 Å². The number of carbonyl (C=O) groups is 1. The number of aromatic nitrogens is 2. The number of aryl methyl sites for hydroxylation is 2. The average molecular weight is 408 g/mol. The third-order valence-electron chi connectivity index (χ3n) is 4.80. The third-order valence-corrected chi connectivity index (χ3v) is 5.11. The number of benzene rings is 3. The van der Waals surface area contributed by atoms with Gasteiger partial charge in [-0.2, -0.15) is 0 Å². The summed E-state index contributed by atoms with van der Waals surface area (Å²) in [4.78, 5) is 17.1. The Morgan fingerprint density at radius 1 is 1.00 bits per heavy atom. The highest BCUT2D eigenvalue weighted by molar-refractivity contribution is 6.33. The number of hydrogen-bond acceptors (Lipinski definition) is 2. The molecule has 1 aromatic heterocycles. The van der Waals surface area contributed by atoms with Crippen molar-refractivity contribution in [1.29, 1.82) is 0 Å². The van der Waals surface area contributed by atoms with E-state index in [0.717, 1.165) is 24.0 Å². The summed E-state index contributed by atoms with van der Waals surface area (Å²) in [6, 6.07) is 22.2. The molecule has 0 fully saturated rings. The van der Waals surface area contributed by atoms with Gasteiger partial charge in [-0.25, -0.2) is 9.37 Å². The molecule has 0 aliphatic rings. The molecule has 0 radical (unpaired) electrons. The summed E-state index contributed by atoms with van der Waals surface area (Å²) in [5, 5.41) is 2.83. The molecule has 1 amide bonds. The molecule has 4 nitrogen and oxygen atoms in total. The van der Waals surface area contributed by atoms with E-state index in [1.165, 1.54) is 23.8 Å². The first-order chi connectivity index (χ1) is 14.1. The molecule has 0 saturated heterocycles. The van der Waals surface area contributed by atoms with Crippen LogP contribution in [0.4, 0.5) is 4.39 Å². The van der Waals surface area contributed by atoms with Crippen molar-refractivity contribution in [2.75, 3.05) is 0 Å². The predicted molar refractivity (Wildman–Crippen MR) is 112 cm³/mol. The van der Waals surface area contributed by atoms with Crippen molar-refractivity contribution >= 4 is 28.5 Å². The number of rotatable bonds is 6. The Bertz CT molecular complexity index is 1140. The molecule has 1 N–H and O–H groups in total. The lowest BCUT2D eigenvalue weighted by Gasteiger charge is -2.11. The second kappa shape index (κ2) is 8.45. The first kappa shape index (κ1) is 19.2. The summed E-state index contributed by atoms with van der Waals surface area (Å²) in [5.74, 6) is -0.495. The number of para-hydroxylation sites is 2. The van der Waals surface area contributed by atoms with Crippen LogP contribution in [-0.2, 0) is 19.5 Å². The third kappa shape index (κ3) is 4.15. The van der Waals surface area contributed by atoms with Gasteiger partial charge in [0.2, 0.25) is 0 Å². The molecule has 0 aliphatic heterocycles. The molecular weight excluding hydrogens is 389 g/mol. The topological polar surface area (TPSA) is 46.9 Å². The van der Waals surface area contributed by atoms with E-state index >= 15 is 0 Å². The van der Waals surface area contributed by atoms with E-state index in [0.29, 0.717) is 5.82 Å². The van der Waals surface area contributed by atoms with Gasteiger partial charge in [-0.1, -0.05) is 60.1 Å². The number of halogens is 2. The van der Waals surface area contributed by atoms with Crippen LogP contribution < -0.4 is 5.32 Å². The Kier molecular flexibility index (Phi) is 5.58. The van der Waals surface area contributed by atoms with Gasteiger partial charge in [-0.3, -0.25) is 4.79 Å². The monoisotopic (exact) mass is 407 g/mol. The van der Waals surface area contributed by atoms with Gasteiger partial charge in [0.15, 0.2) is 0 Å². The van der Waals surface area contributed by atoms with Crippen LogP contribution in [-0.4, -0.2) is 15.5 Å². The first-order valence-electron chi connectivity index (χ1n) is 9.34. The largest absolute Gasteiger partial charge is 0.345 e. The lowest BCUT2D eigenvalue weighted by Crippen LogP contribution is -2.26. The standard InChI is InChI=1S/C23H19ClFN3O/c24-17-9-6-10-18(25)22(17)23(29)26-15-21-27-19-11-4-5-12-20(19)28(21)14-13-16-7-2-1-3-8-16/h1-12H,13-15H2,(H,26,29). The minimum absolute atomic E-state index is 0.0834. The van der Waals surface area contributed by atoms with Crippen LogP contribution in [0.3, 0.4) is 0 Å². The quantitative estimate of drug-likeness (QED) is 0.489. The maximum atomic E-state index is 14.0. The van der Waals surface area contributed by atoms with Crippen LogP contribution in [0.2, 0.25) is 5.02 Å². The SMILES string of the molecule is O=C(NCc1nc2ccccc2n1CCc1ccccc1)c1c(F)cccc1Cl. The van der Waals surface area contributed by atoms with E-state index in [2.05, 4.69) is 27.0 Å². The van der Waals surface area contributed by atoms with Crippen LogP contribution >= 0.6 is 11.6 Å². The summed E-state index contributed by atoms with van der Waals surface area (Å²) >= 11 is 6.00. The fourth-order valence-corrected chi connectivity index (χ4v) is 3.61. The van der Waals surface area contributed by atoms with Crippen LogP contribution in [0.1, 0.15) is 21.7 Å². The Hall–Kier alpha value is -3.18. The van der Waals surface area contributed by atoms with Gasteiger partial charge in [0.1, 0.15) is 11.6 Å². The second-order valence-electron chi connectivity index (χ2n) is 6.68. The zero-order valence-corrected chi connectivity index (χ0v) is 16.4. The summed E-state index contributed by atoms with van der Waals surface area (Å²) in [7, 11) is 0. The predicted octanol–water partition coefficient (Wildman–Crippen LogP) is 5.00. The van der Waals surface area contributed by atoms with E-state index in [9.17, 15) is 9.18 Å². The van der Waals surface area contributed by atoms with Crippen molar-refractivity contribution in [3.05, 3.63) is 101 Å². The van der Waals surface area contributed by atoms with Crippen molar-refractivity contribution in [2.24, 2.45) is 0 Å². The molecule has 0 aliphatic carbocycles. The van der Waals surface area contributed by atoms with Crippen LogP contribution in [0.15, 0.2) is 72.8 Å². The van der Waals surface area contributed by atoms with Crippen molar-refractivity contribution in [1.82, 2.24) is 14.9 Å². The number of carbonyl (C=O) groups excluding carboxylic acids is 1. The summed E-state index contributed by atoms with van der Waals surface area (Å²) in [5.41, 5.74) is 2.92. The Balaban J connectivity index is 1.57. The number of imidazole rings is 1. The van der Waals surface area contributed by atoms with Gasteiger partial charge in [-0.05, 0) is 36.2 Å². The van der Waals surface area contributed by atoms with E-state index in [-0.39, 0.29) is 17.1 Å². The fraction of sp³-hybridized carbons (Fsp3) is 0.130. The van der Waals surface area contributed by atoms with Crippen LogP contribution in [0.5, 0.6) is 0 Å². The first-order valence-corrected chi connectivity index (χ1v) is 9.71. The molecule has 6 heteroatoms. The molecule has 29 heavy (non-hydrogen) atoms. The molecule has 4 aromatic rings. The van der Waals surface area contributed by atoms with Gasteiger partial charge in [0.25, 0.3) is 5.91 Å². The van der Waals surface area contributed by atoms with Crippen molar-refractivity contribution in [3.8, 4) is 0 Å². The van der Waals surface area contributed by atoms with Gasteiger partial charge < -0.3 is 9.88 Å². The van der Waals surface area contributed by atoms with Gasteiger partial charge in [-0.15, -0.1) is 0 Å². The van der Waals surface area contributed by atoms with Gasteiger partial charge in [0, 0.05) is 6.54 Å². The number of nitrogens with one attached hydrogen (secondary N) is 1. The Labute approximate surface area is 173 Å². The molecule has 0 saturated carbocycles. The molecule has 3 aromatic carbocycles. The lowest BCUT2D eigenvalue weighted by molar-refractivity contribution is 0.0945. The number of fused-ring (bicyclic) bond motifs is 1. The molecule has 0 bridgehead atoms. The summed E-state index contributed by atoms with van der Waals surface area (Å²) in [6.45, 7) is 0.892.